The van der Waals surface area contributed by atoms with E-state index in [2.05, 4.69) is 16.3 Å². The molecule has 1 amide bonds. The predicted molar refractivity (Wildman–Crippen MR) is 89.1 cm³/mol. The Balaban J connectivity index is 1.79. The minimum atomic E-state index is -3.69. The van der Waals surface area contributed by atoms with Crippen LogP contribution in [-0.4, -0.2) is 38.9 Å². The molecule has 0 spiro atoms. The summed E-state index contributed by atoms with van der Waals surface area (Å²) in [6.45, 7) is 2.80. The zero-order chi connectivity index (χ0) is 17.6. The van der Waals surface area contributed by atoms with Crippen molar-refractivity contribution in [2.24, 2.45) is 11.1 Å². The van der Waals surface area contributed by atoms with Gasteiger partial charge in [-0.3, -0.25) is 4.79 Å². The molecule has 1 aromatic carbocycles. The molecule has 1 aliphatic rings. The molecule has 1 aromatic rings. The van der Waals surface area contributed by atoms with Crippen LogP contribution in [0.4, 0.5) is 0 Å². The van der Waals surface area contributed by atoms with Gasteiger partial charge in [-0.1, -0.05) is 12.1 Å². The number of nitrogens with one attached hydrogen (secondary N) is 1. The molecule has 8 heteroatoms. The highest BCUT2D eigenvalue weighted by Crippen LogP contribution is 2.17. The molecule has 1 saturated heterocycles. The molecular formula is C16H22N4O3S. The number of benzene rings is 1. The van der Waals surface area contributed by atoms with Crippen molar-refractivity contribution in [2.75, 3.05) is 19.6 Å². The highest BCUT2D eigenvalue weighted by Gasteiger charge is 2.24. The van der Waals surface area contributed by atoms with Crippen LogP contribution in [0, 0.1) is 17.2 Å². The van der Waals surface area contributed by atoms with E-state index in [9.17, 15) is 13.2 Å². The van der Waals surface area contributed by atoms with Crippen molar-refractivity contribution in [3.05, 3.63) is 29.8 Å². The van der Waals surface area contributed by atoms with Crippen molar-refractivity contribution in [2.45, 2.75) is 30.7 Å². The lowest BCUT2D eigenvalue weighted by Gasteiger charge is -2.30. The summed E-state index contributed by atoms with van der Waals surface area (Å²) in [7, 11) is -3.69. The monoisotopic (exact) mass is 350 g/mol. The van der Waals surface area contributed by atoms with Gasteiger partial charge in [0.2, 0.25) is 15.9 Å². The van der Waals surface area contributed by atoms with E-state index in [0.29, 0.717) is 13.0 Å². The SMILES string of the molecule is N#CCCN1CCC(C(=O)NCc2ccc(S(N)(=O)=O)cc2)CC1. The second kappa shape index (κ2) is 8.24. The Labute approximate surface area is 142 Å². The van der Waals surface area contributed by atoms with Gasteiger partial charge in [-0.05, 0) is 43.6 Å². The summed E-state index contributed by atoms with van der Waals surface area (Å²) in [5, 5.41) is 16.5. The molecule has 0 saturated carbocycles. The van der Waals surface area contributed by atoms with Gasteiger partial charge in [-0.25, -0.2) is 13.6 Å². The topological polar surface area (TPSA) is 116 Å². The number of amides is 1. The molecule has 2 rings (SSSR count). The first-order valence-corrected chi connectivity index (χ1v) is 9.43. The highest BCUT2D eigenvalue weighted by atomic mass is 32.2. The van der Waals surface area contributed by atoms with Crippen LogP contribution in [0.1, 0.15) is 24.8 Å². The zero-order valence-corrected chi connectivity index (χ0v) is 14.3. The molecule has 1 heterocycles. The molecule has 0 radical (unpaired) electrons. The molecule has 130 valence electrons. The average molecular weight is 350 g/mol. The third-order valence-corrected chi connectivity index (χ3v) is 5.15. The largest absolute Gasteiger partial charge is 0.352 e. The van der Waals surface area contributed by atoms with Gasteiger partial charge in [-0.15, -0.1) is 0 Å². The third kappa shape index (κ3) is 5.30. The molecular weight excluding hydrogens is 328 g/mol. The van der Waals surface area contributed by atoms with E-state index in [1.54, 1.807) is 12.1 Å². The van der Waals surface area contributed by atoms with Crippen LogP contribution in [0.25, 0.3) is 0 Å². The lowest BCUT2D eigenvalue weighted by molar-refractivity contribution is -0.126. The number of nitrogens with zero attached hydrogens (tertiary/aromatic N) is 2. The van der Waals surface area contributed by atoms with Gasteiger partial charge in [0.15, 0.2) is 0 Å². The zero-order valence-electron chi connectivity index (χ0n) is 13.4. The van der Waals surface area contributed by atoms with Crippen LogP contribution in [-0.2, 0) is 21.4 Å². The lowest BCUT2D eigenvalue weighted by atomic mass is 9.95. The maximum Gasteiger partial charge on any atom is 0.238 e. The summed E-state index contributed by atoms with van der Waals surface area (Å²) in [6.07, 6.45) is 2.11. The van der Waals surface area contributed by atoms with Crippen molar-refractivity contribution in [1.29, 1.82) is 5.26 Å². The number of hydrogen-bond acceptors (Lipinski definition) is 5. The fourth-order valence-electron chi connectivity index (χ4n) is 2.76. The molecule has 3 N–H and O–H groups in total. The van der Waals surface area contributed by atoms with Gasteiger partial charge in [0.05, 0.1) is 11.0 Å². The van der Waals surface area contributed by atoms with Gasteiger partial charge in [-0.2, -0.15) is 5.26 Å². The fourth-order valence-corrected chi connectivity index (χ4v) is 3.27. The van der Waals surface area contributed by atoms with Gasteiger partial charge >= 0.3 is 0 Å². The lowest BCUT2D eigenvalue weighted by Crippen LogP contribution is -2.40. The summed E-state index contributed by atoms with van der Waals surface area (Å²) in [6, 6.07) is 8.29. The normalized spacial score (nSPS) is 16.5. The van der Waals surface area contributed by atoms with Crippen LogP contribution in [0.15, 0.2) is 29.2 Å². The van der Waals surface area contributed by atoms with Crippen molar-refractivity contribution < 1.29 is 13.2 Å². The quantitative estimate of drug-likeness (QED) is 0.778. The summed E-state index contributed by atoms with van der Waals surface area (Å²) < 4.78 is 22.4. The van der Waals surface area contributed by atoms with E-state index in [1.807, 2.05) is 0 Å². The van der Waals surface area contributed by atoms with Crippen LogP contribution < -0.4 is 10.5 Å². The molecule has 7 nitrogen and oxygen atoms in total. The predicted octanol–water partition coefficient (Wildman–Crippen LogP) is 0.576. The van der Waals surface area contributed by atoms with Crippen molar-refractivity contribution >= 4 is 15.9 Å². The molecule has 0 atom stereocenters. The van der Waals surface area contributed by atoms with Gasteiger partial charge in [0, 0.05) is 25.4 Å². The van der Waals surface area contributed by atoms with Gasteiger partial charge < -0.3 is 10.2 Å². The summed E-state index contributed by atoms with van der Waals surface area (Å²) in [4.78, 5) is 14.5. The van der Waals surface area contributed by atoms with E-state index in [0.717, 1.165) is 38.0 Å². The Morgan fingerprint density at radius 2 is 1.92 bits per heavy atom. The summed E-state index contributed by atoms with van der Waals surface area (Å²) >= 11 is 0. The molecule has 0 aromatic heterocycles. The first kappa shape index (κ1) is 18.4. The Hall–Kier alpha value is -1.95. The first-order chi connectivity index (χ1) is 11.4. The van der Waals surface area contributed by atoms with E-state index in [-0.39, 0.29) is 16.7 Å². The van der Waals surface area contributed by atoms with Crippen molar-refractivity contribution in [3.8, 4) is 6.07 Å². The molecule has 0 unspecified atom stereocenters. The number of primary sulfonamides is 1. The van der Waals surface area contributed by atoms with E-state index in [4.69, 9.17) is 10.4 Å². The minimum absolute atomic E-state index is 0.00738. The Kier molecular flexibility index (Phi) is 6.31. The maximum absolute atomic E-state index is 12.2. The molecule has 0 bridgehead atoms. The Morgan fingerprint density at radius 3 is 2.46 bits per heavy atom. The number of carbonyl (C=O) groups is 1. The van der Waals surface area contributed by atoms with Crippen molar-refractivity contribution in [3.63, 3.8) is 0 Å². The highest BCUT2D eigenvalue weighted by molar-refractivity contribution is 7.89. The van der Waals surface area contributed by atoms with Crippen molar-refractivity contribution in [1.82, 2.24) is 10.2 Å². The standard InChI is InChI=1S/C16H22N4O3S/c17-8-1-9-20-10-6-14(7-11-20)16(21)19-12-13-2-4-15(5-3-13)24(18,22)23/h2-5,14H,1,6-7,9-12H2,(H,19,21)(H2,18,22,23). The number of carbonyl (C=O) groups excluding carboxylic acids is 1. The Morgan fingerprint density at radius 1 is 1.29 bits per heavy atom. The fraction of sp³-hybridized carbons (Fsp3) is 0.500. The molecule has 0 aliphatic carbocycles. The number of likely N-dealkylation sites (tertiary alicyclic amines) is 1. The summed E-state index contributed by atoms with van der Waals surface area (Å²) in [5.74, 6) is 0.0116. The number of sulfonamides is 1. The smallest absolute Gasteiger partial charge is 0.238 e. The first-order valence-electron chi connectivity index (χ1n) is 7.89. The van der Waals surface area contributed by atoms with Crippen LogP contribution in [0.3, 0.4) is 0 Å². The number of piperidine rings is 1. The van der Waals surface area contributed by atoms with Gasteiger partial charge in [0.25, 0.3) is 0 Å². The molecule has 24 heavy (non-hydrogen) atoms. The number of nitriles is 1. The average Bonchev–Trinajstić information content (AvgIpc) is 2.58. The number of nitrogens with two attached hydrogens (primary N) is 1. The van der Waals surface area contributed by atoms with Crippen LogP contribution in [0.5, 0.6) is 0 Å². The number of hydrogen-bond donors (Lipinski definition) is 2. The summed E-state index contributed by atoms with van der Waals surface area (Å²) in [5.41, 5.74) is 0.821. The van der Waals surface area contributed by atoms with E-state index >= 15 is 0 Å². The second-order valence-corrected chi connectivity index (χ2v) is 7.49. The van der Waals surface area contributed by atoms with E-state index in [1.165, 1.54) is 12.1 Å². The molecule has 1 aliphatic heterocycles. The number of rotatable bonds is 6. The van der Waals surface area contributed by atoms with Crippen LogP contribution >= 0.6 is 0 Å². The maximum atomic E-state index is 12.2. The Bertz CT molecular complexity index is 702. The molecule has 1 fully saturated rings. The third-order valence-electron chi connectivity index (χ3n) is 4.22. The van der Waals surface area contributed by atoms with E-state index < -0.39 is 10.0 Å². The second-order valence-electron chi connectivity index (χ2n) is 5.93. The minimum Gasteiger partial charge on any atom is -0.352 e. The van der Waals surface area contributed by atoms with Gasteiger partial charge in [0.1, 0.15) is 0 Å². The van der Waals surface area contributed by atoms with Crippen LogP contribution in [0.2, 0.25) is 0 Å².